The minimum absolute atomic E-state index is 0.00788. The topological polar surface area (TPSA) is 101 Å². The summed E-state index contributed by atoms with van der Waals surface area (Å²) < 4.78 is 48.6. The molecule has 12 heteroatoms. The monoisotopic (exact) mass is 599 g/mol. The van der Waals surface area contributed by atoms with Crippen LogP contribution in [0.15, 0.2) is 54.7 Å². The van der Waals surface area contributed by atoms with Gasteiger partial charge in [-0.05, 0) is 57.7 Å². The first kappa shape index (κ1) is 31.1. The lowest BCUT2D eigenvalue weighted by molar-refractivity contribution is -0.138. The molecule has 43 heavy (non-hydrogen) atoms. The lowest BCUT2D eigenvalue weighted by atomic mass is 9.66. The van der Waals surface area contributed by atoms with E-state index in [1.54, 1.807) is 13.2 Å². The summed E-state index contributed by atoms with van der Waals surface area (Å²) >= 11 is 0. The van der Waals surface area contributed by atoms with Gasteiger partial charge in [-0.15, -0.1) is 0 Å². The van der Waals surface area contributed by atoms with Gasteiger partial charge in [0.2, 0.25) is 0 Å². The average Bonchev–Trinajstić information content (AvgIpc) is 3.49. The third-order valence-corrected chi connectivity index (χ3v) is 8.60. The van der Waals surface area contributed by atoms with Crippen molar-refractivity contribution in [1.82, 2.24) is 25.5 Å². The molecule has 2 fully saturated rings. The predicted molar refractivity (Wildman–Crippen MR) is 160 cm³/mol. The highest BCUT2D eigenvalue weighted by Crippen LogP contribution is 2.46. The number of hydrogen-bond donors (Lipinski definition) is 3. The van der Waals surface area contributed by atoms with Crippen LogP contribution in [0.25, 0.3) is 11.4 Å². The third kappa shape index (κ3) is 6.20. The van der Waals surface area contributed by atoms with Gasteiger partial charge in [0.15, 0.2) is 11.6 Å². The Labute approximate surface area is 250 Å². The normalized spacial score (nSPS) is 23.6. The quantitative estimate of drug-likeness (QED) is 0.310. The number of anilines is 2. The van der Waals surface area contributed by atoms with Crippen LogP contribution in [-0.2, 0) is 21.2 Å². The van der Waals surface area contributed by atoms with Gasteiger partial charge >= 0.3 is 6.18 Å². The summed E-state index contributed by atoms with van der Waals surface area (Å²) in [5, 5.41) is 8.19. The van der Waals surface area contributed by atoms with Gasteiger partial charge in [0, 0.05) is 49.0 Å². The molecule has 2 aromatic carbocycles. The molecule has 0 radical (unpaired) electrons. The number of para-hydroxylation sites is 1. The molecule has 3 aromatic rings. The van der Waals surface area contributed by atoms with Gasteiger partial charge in [0.1, 0.15) is 11.8 Å². The molecular formula is C31H40F3N7O2. The predicted octanol–water partition coefficient (Wildman–Crippen LogP) is 4.37. The Hall–Kier alpha value is -3.29. The van der Waals surface area contributed by atoms with E-state index in [2.05, 4.69) is 25.5 Å². The van der Waals surface area contributed by atoms with Gasteiger partial charge in [0.05, 0.1) is 12.6 Å². The summed E-state index contributed by atoms with van der Waals surface area (Å²) in [7, 11) is 7.65. The van der Waals surface area contributed by atoms with Crippen molar-refractivity contribution in [2.45, 2.75) is 49.2 Å². The highest BCUT2D eigenvalue weighted by molar-refractivity contribution is 5.76. The Kier molecular flexibility index (Phi) is 9.23. The SMILES string of the molecule is CNC(CN(C)C)C1(c2cccc(-c3ncc(C(F)(F)F)c(N4OCCC4c4ccccc4)n3)c2N)CCNC(OC)C1. The van der Waals surface area contributed by atoms with Crippen LogP contribution in [0, 0.1) is 0 Å². The number of alkyl halides is 3. The summed E-state index contributed by atoms with van der Waals surface area (Å²) in [5.41, 5.74) is 8.17. The van der Waals surface area contributed by atoms with E-state index in [1.165, 1.54) is 5.06 Å². The van der Waals surface area contributed by atoms with Crippen molar-refractivity contribution in [2.75, 3.05) is 58.7 Å². The van der Waals surface area contributed by atoms with E-state index in [9.17, 15) is 13.2 Å². The second kappa shape index (κ2) is 12.7. The Bertz CT molecular complexity index is 1390. The van der Waals surface area contributed by atoms with Gasteiger partial charge in [-0.25, -0.2) is 15.0 Å². The zero-order chi connectivity index (χ0) is 30.8. The molecule has 1 aromatic heterocycles. The first-order valence-corrected chi connectivity index (χ1v) is 14.5. The molecule has 0 aliphatic carbocycles. The van der Waals surface area contributed by atoms with Crippen LogP contribution in [0.2, 0.25) is 0 Å². The minimum atomic E-state index is -4.69. The third-order valence-electron chi connectivity index (χ3n) is 8.60. The molecule has 232 valence electrons. The van der Waals surface area contributed by atoms with Crippen molar-refractivity contribution >= 4 is 11.5 Å². The van der Waals surface area contributed by atoms with Gasteiger partial charge in [-0.2, -0.15) is 13.2 Å². The fourth-order valence-electron chi connectivity index (χ4n) is 6.51. The maximum atomic E-state index is 14.3. The Morgan fingerprint density at radius 1 is 1.21 bits per heavy atom. The van der Waals surface area contributed by atoms with Crippen LogP contribution in [0.3, 0.4) is 0 Å². The number of piperidine rings is 1. The fourth-order valence-corrected chi connectivity index (χ4v) is 6.51. The highest BCUT2D eigenvalue weighted by atomic mass is 19.4. The number of nitrogens with two attached hydrogens (primary N) is 1. The first-order valence-electron chi connectivity index (χ1n) is 14.5. The summed E-state index contributed by atoms with van der Waals surface area (Å²) in [6.07, 6.45) is -2.10. The number of rotatable bonds is 9. The highest BCUT2D eigenvalue weighted by Gasteiger charge is 2.46. The van der Waals surface area contributed by atoms with Crippen molar-refractivity contribution in [3.05, 3.63) is 71.4 Å². The molecule has 2 aliphatic rings. The van der Waals surface area contributed by atoms with Crippen LogP contribution in [-0.4, -0.2) is 75.1 Å². The van der Waals surface area contributed by atoms with Crippen molar-refractivity contribution in [1.29, 1.82) is 0 Å². The van der Waals surface area contributed by atoms with E-state index < -0.39 is 23.2 Å². The van der Waals surface area contributed by atoms with Gasteiger partial charge in [0.25, 0.3) is 0 Å². The fraction of sp³-hybridized carbons (Fsp3) is 0.484. The molecule has 4 atom stereocenters. The number of nitrogens with zero attached hydrogens (tertiary/aromatic N) is 4. The number of nitrogen functional groups attached to an aromatic ring is 1. The Morgan fingerprint density at radius 3 is 2.65 bits per heavy atom. The van der Waals surface area contributed by atoms with Crippen molar-refractivity contribution in [3.8, 4) is 11.4 Å². The molecule has 0 amide bonds. The molecule has 0 spiro atoms. The summed E-state index contributed by atoms with van der Waals surface area (Å²) in [5.74, 6) is -0.226. The zero-order valence-electron chi connectivity index (χ0n) is 25.0. The second-order valence-corrected chi connectivity index (χ2v) is 11.5. The van der Waals surface area contributed by atoms with E-state index in [1.807, 2.05) is 63.6 Å². The zero-order valence-corrected chi connectivity index (χ0v) is 25.0. The number of benzene rings is 2. The van der Waals surface area contributed by atoms with Crippen molar-refractivity contribution in [2.24, 2.45) is 0 Å². The molecule has 4 unspecified atom stereocenters. The number of aromatic nitrogens is 2. The lowest BCUT2D eigenvalue weighted by Gasteiger charge is -2.48. The number of hydrogen-bond acceptors (Lipinski definition) is 9. The molecule has 4 N–H and O–H groups in total. The molecule has 0 saturated carbocycles. The molecule has 3 heterocycles. The molecule has 2 saturated heterocycles. The molecule has 2 aliphatic heterocycles. The van der Waals surface area contributed by atoms with E-state index in [0.29, 0.717) is 30.6 Å². The van der Waals surface area contributed by atoms with E-state index >= 15 is 0 Å². The first-order chi connectivity index (χ1) is 20.6. The standard InChI is InChI=1S/C31H40F3N7O2/c1-36-25(19-40(2)3)30(14-15-37-26(17-30)42-4)22-12-8-11-21(27(22)35)28-38-18-23(31(32,33)34)29(39-28)41-24(13-16-43-41)20-9-6-5-7-10-20/h5-12,18,24-26,36-37H,13-17,19,35H2,1-4H3. The number of hydroxylamine groups is 1. The maximum Gasteiger partial charge on any atom is 0.421 e. The van der Waals surface area contributed by atoms with E-state index in [0.717, 1.165) is 30.3 Å². The number of likely N-dealkylation sites (N-methyl/N-ethyl adjacent to an activating group) is 2. The van der Waals surface area contributed by atoms with Crippen molar-refractivity contribution < 1.29 is 22.7 Å². The Morgan fingerprint density at radius 2 is 1.98 bits per heavy atom. The maximum absolute atomic E-state index is 14.3. The molecule has 5 rings (SSSR count). The smallest absolute Gasteiger partial charge is 0.398 e. The van der Waals surface area contributed by atoms with Gasteiger partial charge in [-0.1, -0.05) is 42.5 Å². The van der Waals surface area contributed by atoms with E-state index in [-0.39, 0.29) is 30.5 Å². The number of nitrogens with one attached hydrogen (secondary N) is 2. The van der Waals surface area contributed by atoms with Crippen LogP contribution in [0.5, 0.6) is 0 Å². The van der Waals surface area contributed by atoms with Gasteiger partial charge < -0.3 is 20.7 Å². The number of methoxy groups -OCH3 is 1. The van der Waals surface area contributed by atoms with Crippen LogP contribution >= 0.6 is 0 Å². The van der Waals surface area contributed by atoms with Crippen LogP contribution < -0.4 is 21.4 Å². The van der Waals surface area contributed by atoms with Crippen LogP contribution in [0.4, 0.5) is 24.7 Å². The molecule has 9 nitrogen and oxygen atoms in total. The minimum Gasteiger partial charge on any atom is -0.398 e. The largest absolute Gasteiger partial charge is 0.421 e. The summed E-state index contributed by atoms with van der Waals surface area (Å²) in [6, 6.07) is 14.5. The molecular weight excluding hydrogens is 559 g/mol. The lowest BCUT2D eigenvalue weighted by Crippen LogP contribution is -2.59. The van der Waals surface area contributed by atoms with Gasteiger partial charge in [-0.3, -0.25) is 10.2 Å². The number of ether oxygens (including phenoxy) is 1. The molecule has 0 bridgehead atoms. The second-order valence-electron chi connectivity index (χ2n) is 11.5. The van der Waals surface area contributed by atoms with Crippen LogP contribution in [0.1, 0.15) is 42.0 Å². The summed E-state index contributed by atoms with van der Waals surface area (Å²) in [6.45, 7) is 1.72. The Balaban J connectivity index is 1.63. The van der Waals surface area contributed by atoms with Crippen molar-refractivity contribution in [3.63, 3.8) is 0 Å². The number of halogens is 3. The summed E-state index contributed by atoms with van der Waals surface area (Å²) in [4.78, 5) is 16.6. The average molecular weight is 600 g/mol. The van der Waals surface area contributed by atoms with E-state index in [4.69, 9.17) is 15.3 Å².